The van der Waals surface area contributed by atoms with Crippen LogP contribution in [0, 0.1) is 13.8 Å². The molecule has 6 heteroatoms. The highest BCUT2D eigenvalue weighted by Gasteiger charge is 2.10. The maximum Gasteiger partial charge on any atom is 0.257 e. The van der Waals surface area contributed by atoms with Crippen LogP contribution in [0.3, 0.4) is 0 Å². The summed E-state index contributed by atoms with van der Waals surface area (Å²) in [6.07, 6.45) is 0. The van der Waals surface area contributed by atoms with Gasteiger partial charge in [0.2, 0.25) is 0 Å². The van der Waals surface area contributed by atoms with Crippen molar-refractivity contribution in [2.24, 2.45) is 5.73 Å². The zero-order chi connectivity index (χ0) is 14.0. The number of rotatable bonds is 3. The number of thiazole rings is 1. The van der Waals surface area contributed by atoms with E-state index in [1.54, 1.807) is 24.3 Å². The van der Waals surface area contributed by atoms with E-state index < -0.39 is 0 Å². The van der Waals surface area contributed by atoms with Gasteiger partial charge in [0.15, 0.2) is 5.13 Å². The quantitative estimate of drug-likeness (QED) is 0.853. The molecule has 0 radical (unpaired) electrons. The van der Waals surface area contributed by atoms with Crippen molar-refractivity contribution < 1.29 is 4.79 Å². The lowest BCUT2D eigenvalue weighted by Gasteiger charge is -2.03. The molecule has 0 spiro atoms. The van der Waals surface area contributed by atoms with Gasteiger partial charge in [0.25, 0.3) is 5.91 Å². The van der Waals surface area contributed by atoms with Gasteiger partial charge in [0.05, 0.1) is 5.69 Å². The van der Waals surface area contributed by atoms with Crippen LogP contribution in [-0.4, -0.2) is 15.9 Å². The van der Waals surface area contributed by atoms with E-state index in [1.165, 1.54) is 11.3 Å². The number of nitrogens with zero attached hydrogens (tertiary/aromatic N) is 1. The van der Waals surface area contributed by atoms with E-state index in [1.807, 2.05) is 13.8 Å². The van der Waals surface area contributed by atoms with Crippen molar-refractivity contribution in [1.82, 2.24) is 4.98 Å². The molecule has 0 saturated heterocycles. The zero-order valence-electron chi connectivity index (χ0n) is 10.6. The number of amides is 1. The number of hydrogen-bond donors (Lipinski definition) is 2. The number of thiocarbonyl (C=S) groups is 1. The van der Waals surface area contributed by atoms with Gasteiger partial charge in [-0.25, -0.2) is 4.98 Å². The first kappa shape index (κ1) is 13.6. The Hall–Kier alpha value is -1.79. The van der Waals surface area contributed by atoms with Crippen LogP contribution in [0.25, 0.3) is 0 Å². The van der Waals surface area contributed by atoms with E-state index in [0.29, 0.717) is 16.3 Å². The second-order valence-electron chi connectivity index (χ2n) is 4.06. The highest BCUT2D eigenvalue weighted by Crippen LogP contribution is 2.21. The molecule has 0 unspecified atom stereocenters. The van der Waals surface area contributed by atoms with Gasteiger partial charge in [-0.3, -0.25) is 10.1 Å². The van der Waals surface area contributed by atoms with Crippen molar-refractivity contribution in [3.05, 3.63) is 46.0 Å². The van der Waals surface area contributed by atoms with Crippen LogP contribution in [0.1, 0.15) is 26.5 Å². The summed E-state index contributed by atoms with van der Waals surface area (Å²) in [7, 11) is 0. The molecule has 0 atom stereocenters. The third-order valence-electron chi connectivity index (χ3n) is 2.66. The van der Waals surface area contributed by atoms with Crippen molar-refractivity contribution in [2.45, 2.75) is 13.8 Å². The number of hydrogen-bond acceptors (Lipinski definition) is 4. The van der Waals surface area contributed by atoms with Gasteiger partial charge in [-0.1, -0.05) is 24.4 Å². The molecule has 1 aromatic heterocycles. The van der Waals surface area contributed by atoms with E-state index in [-0.39, 0.29) is 10.9 Å². The summed E-state index contributed by atoms with van der Waals surface area (Å²) in [5.41, 5.74) is 7.66. The Bertz CT molecular complexity index is 630. The van der Waals surface area contributed by atoms with Crippen LogP contribution in [0.4, 0.5) is 5.13 Å². The van der Waals surface area contributed by atoms with E-state index in [0.717, 1.165) is 10.6 Å². The Morgan fingerprint density at radius 3 is 2.63 bits per heavy atom. The molecule has 2 rings (SSSR count). The second-order valence-corrected chi connectivity index (χ2v) is 5.70. The maximum absolute atomic E-state index is 12.1. The molecule has 0 saturated carbocycles. The molecule has 1 heterocycles. The summed E-state index contributed by atoms with van der Waals surface area (Å²) in [5.74, 6) is -0.216. The highest BCUT2D eigenvalue weighted by atomic mass is 32.1. The average molecular weight is 291 g/mol. The molecule has 3 N–H and O–H groups in total. The fourth-order valence-corrected chi connectivity index (χ4v) is 2.45. The minimum atomic E-state index is -0.216. The largest absolute Gasteiger partial charge is 0.389 e. The van der Waals surface area contributed by atoms with Crippen LogP contribution in [0.15, 0.2) is 24.3 Å². The molecule has 0 aliphatic heterocycles. The number of carbonyl (C=O) groups is 1. The zero-order valence-corrected chi connectivity index (χ0v) is 12.2. The lowest BCUT2D eigenvalue weighted by Crippen LogP contribution is -2.14. The van der Waals surface area contributed by atoms with Crippen molar-refractivity contribution >= 4 is 39.6 Å². The summed E-state index contributed by atoms with van der Waals surface area (Å²) >= 11 is 6.35. The third-order valence-corrected chi connectivity index (χ3v) is 3.88. The van der Waals surface area contributed by atoms with E-state index in [2.05, 4.69) is 10.3 Å². The lowest BCUT2D eigenvalue weighted by atomic mass is 10.1. The van der Waals surface area contributed by atoms with Gasteiger partial charge < -0.3 is 5.73 Å². The van der Waals surface area contributed by atoms with E-state index in [4.69, 9.17) is 18.0 Å². The molecule has 98 valence electrons. The molecule has 1 amide bonds. The molecule has 1 aromatic carbocycles. The first-order valence-corrected chi connectivity index (χ1v) is 6.85. The molecular weight excluding hydrogens is 278 g/mol. The van der Waals surface area contributed by atoms with Gasteiger partial charge in [-0.05, 0) is 26.0 Å². The number of aromatic nitrogens is 1. The van der Waals surface area contributed by atoms with E-state index in [9.17, 15) is 4.79 Å². The van der Waals surface area contributed by atoms with E-state index >= 15 is 0 Å². The molecule has 0 aliphatic carbocycles. The molecule has 4 nitrogen and oxygen atoms in total. The summed E-state index contributed by atoms with van der Waals surface area (Å²) < 4.78 is 0. The number of carbonyl (C=O) groups excluding carboxylic acids is 1. The fourth-order valence-electron chi connectivity index (χ4n) is 1.51. The van der Waals surface area contributed by atoms with Crippen molar-refractivity contribution in [3.8, 4) is 0 Å². The van der Waals surface area contributed by atoms with Gasteiger partial charge in [0, 0.05) is 16.0 Å². The van der Waals surface area contributed by atoms with Gasteiger partial charge in [-0.2, -0.15) is 0 Å². The second kappa shape index (κ2) is 5.46. The average Bonchev–Trinajstić information content (AvgIpc) is 2.68. The highest BCUT2D eigenvalue weighted by molar-refractivity contribution is 7.80. The monoisotopic (exact) mass is 291 g/mol. The molecule has 0 fully saturated rings. The Balaban J connectivity index is 2.20. The Morgan fingerprint density at radius 2 is 2.05 bits per heavy atom. The topological polar surface area (TPSA) is 68.0 Å². The number of aryl methyl sites for hydroxylation is 2. The van der Waals surface area contributed by atoms with Crippen LogP contribution in [0.5, 0.6) is 0 Å². The first-order valence-electron chi connectivity index (χ1n) is 5.62. The minimum Gasteiger partial charge on any atom is -0.389 e. The molecular formula is C13H13N3OS2. The smallest absolute Gasteiger partial charge is 0.257 e. The number of benzene rings is 1. The summed E-state index contributed by atoms with van der Waals surface area (Å²) in [6.45, 7) is 3.88. The molecule has 0 aliphatic rings. The standard InChI is InChI=1S/C13H13N3OS2/c1-7-8(2)19-13(15-7)16-12(17)10-5-3-4-9(6-10)11(14)18/h3-6H,1-2H3,(H2,14,18)(H,15,16,17). The summed E-state index contributed by atoms with van der Waals surface area (Å²) in [4.78, 5) is 17.7. The summed E-state index contributed by atoms with van der Waals surface area (Å²) in [5, 5.41) is 3.37. The molecule has 0 bridgehead atoms. The number of nitrogens with two attached hydrogens (primary N) is 1. The van der Waals surface area contributed by atoms with Crippen LogP contribution >= 0.6 is 23.6 Å². The van der Waals surface area contributed by atoms with Crippen LogP contribution < -0.4 is 11.1 Å². The van der Waals surface area contributed by atoms with Crippen molar-refractivity contribution in [2.75, 3.05) is 5.32 Å². The predicted molar refractivity (Wildman–Crippen MR) is 81.9 cm³/mol. The first-order chi connectivity index (χ1) is 8.97. The Kier molecular flexibility index (Phi) is 3.92. The van der Waals surface area contributed by atoms with Gasteiger partial charge in [-0.15, -0.1) is 11.3 Å². The molecule has 2 aromatic rings. The minimum absolute atomic E-state index is 0.216. The van der Waals surface area contributed by atoms with Gasteiger partial charge >= 0.3 is 0 Å². The number of anilines is 1. The number of nitrogens with one attached hydrogen (secondary N) is 1. The Morgan fingerprint density at radius 1 is 1.37 bits per heavy atom. The predicted octanol–water partition coefficient (Wildman–Crippen LogP) is 2.65. The molecule has 19 heavy (non-hydrogen) atoms. The Labute approximate surface area is 120 Å². The normalized spacial score (nSPS) is 10.2. The van der Waals surface area contributed by atoms with Gasteiger partial charge in [0.1, 0.15) is 4.99 Å². The summed E-state index contributed by atoms with van der Waals surface area (Å²) in [6, 6.07) is 6.91. The third kappa shape index (κ3) is 3.15. The van der Waals surface area contributed by atoms with Crippen molar-refractivity contribution in [3.63, 3.8) is 0 Å². The SMILES string of the molecule is Cc1nc(NC(=O)c2cccc(C(N)=S)c2)sc1C. The van der Waals surface area contributed by atoms with Crippen LogP contribution in [-0.2, 0) is 0 Å². The maximum atomic E-state index is 12.1. The van der Waals surface area contributed by atoms with Crippen molar-refractivity contribution in [1.29, 1.82) is 0 Å². The lowest BCUT2D eigenvalue weighted by molar-refractivity contribution is 0.102. The van der Waals surface area contributed by atoms with Crippen LogP contribution in [0.2, 0.25) is 0 Å². The fraction of sp³-hybridized carbons (Fsp3) is 0.154.